The number of rotatable bonds is 2. The number of fused-ring (bicyclic) bond motifs is 1. The molecular formula is C19H17N3O2. The summed E-state index contributed by atoms with van der Waals surface area (Å²) in [6, 6.07) is 13.3. The first-order valence-corrected chi connectivity index (χ1v) is 7.77. The van der Waals surface area contributed by atoms with Crippen molar-refractivity contribution >= 4 is 11.0 Å². The van der Waals surface area contributed by atoms with E-state index < -0.39 is 0 Å². The zero-order valence-electron chi connectivity index (χ0n) is 13.7. The summed E-state index contributed by atoms with van der Waals surface area (Å²) in [6.45, 7) is 5.78. The average molecular weight is 319 g/mol. The van der Waals surface area contributed by atoms with Gasteiger partial charge in [0.25, 0.3) is 0 Å². The van der Waals surface area contributed by atoms with E-state index in [-0.39, 0.29) is 5.75 Å². The van der Waals surface area contributed by atoms with Crippen molar-refractivity contribution in [2.75, 3.05) is 0 Å². The summed E-state index contributed by atoms with van der Waals surface area (Å²) in [6.07, 6.45) is 0. The van der Waals surface area contributed by atoms with Crippen LogP contribution in [0.2, 0.25) is 0 Å². The number of imidazole rings is 1. The van der Waals surface area contributed by atoms with Crippen molar-refractivity contribution in [2.24, 2.45) is 0 Å². The van der Waals surface area contributed by atoms with Crippen molar-refractivity contribution in [3.63, 3.8) is 0 Å². The first kappa shape index (κ1) is 14.5. The second kappa shape index (κ2) is 5.23. The highest BCUT2D eigenvalue weighted by Gasteiger charge is 2.21. The van der Waals surface area contributed by atoms with Crippen LogP contribution in [0.5, 0.6) is 5.75 Å². The van der Waals surface area contributed by atoms with Crippen molar-refractivity contribution in [2.45, 2.75) is 20.8 Å². The van der Waals surface area contributed by atoms with E-state index in [2.05, 4.69) is 9.72 Å². The minimum Gasteiger partial charge on any atom is -0.508 e. The van der Waals surface area contributed by atoms with Gasteiger partial charge in [-0.05, 0) is 56.7 Å². The number of phenolic OH excluding ortho intramolecular Hbond substituents is 1. The Balaban J connectivity index is 2.12. The van der Waals surface area contributed by atoms with Crippen LogP contribution in [0.15, 0.2) is 47.0 Å². The summed E-state index contributed by atoms with van der Waals surface area (Å²) in [7, 11) is 0. The zero-order chi connectivity index (χ0) is 16.8. The van der Waals surface area contributed by atoms with Gasteiger partial charge in [0.1, 0.15) is 11.5 Å². The Labute approximate surface area is 139 Å². The van der Waals surface area contributed by atoms with Gasteiger partial charge in [-0.15, -0.1) is 0 Å². The Hall–Kier alpha value is -3.08. The number of aryl methyl sites for hydroxylation is 3. The smallest absolute Gasteiger partial charge is 0.151 e. The molecule has 0 aliphatic heterocycles. The van der Waals surface area contributed by atoms with Crippen LogP contribution in [0.3, 0.4) is 0 Å². The Morgan fingerprint density at radius 3 is 2.54 bits per heavy atom. The van der Waals surface area contributed by atoms with E-state index in [1.807, 2.05) is 51.1 Å². The average Bonchev–Trinajstić information content (AvgIpc) is 3.07. The Morgan fingerprint density at radius 2 is 1.83 bits per heavy atom. The molecule has 0 radical (unpaired) electrons. The van der Waals surface area contributed by atoms with Crippen LogP contribution in [-0.4, -0.2) is 19.8 Å². The topological polar surface area (TPSA) is 64.1 Å². The maximum Gasteiger partial charge on any atom is 0.151 e. The molecule has 2 heterocycles. The van der Waals surface area contributed by atoms with Gasteiger partial charge in [-0.2, -0.15) is 0 Å². The molecule has 0 atom stereocenters. The van der Waals surface area contributed by atoms with Crippen LogP contribution in [0.25, 0.3) is 28.1 Å². The van der Waals surface area contributed by atoms with Crippen LogP contribution >= 0.6 is 0 Å². The molecule has 0 aliphatic carbocycles. The first-order valence-electron chi connectivity index (χ1n) is 7.77. The summed E-state index contributed by atoms with van der Waals surface area (Å²) in [4.78, 5) is 4.82. The van der Waals surface area contributed by atoms with Crippen LogP contribution in [-0.2, 0) is 0 Å². The molecule has 0 amide bonds. The molecule has 120 valence electrons. The molecule has 0 unspecified atom stereocenters. The van der Waals surface area contributed by atoms with Gasteiger partial charge in [-0.25, -0.2) is 4.98 Å². The molecule has 5 heteroatoms. The van der Waals surface area contributed by atoms with Crippen molar-refractivity contribution in [1.82, 2.24) is 14.7 Å². The van der Waals surface area contributed by atoms with E-state index in [1.54, 1.807) is 12.1 Å². The number of hydrogen-bond donors (Lipinski definition) is 1. The normalized spacial score (nSPS) is 11.3. The fourth-order valence-electron chi connectivity index (χ4n) is 3.13. The van der Waals surface area contributed by atoms with Gasteiger partial charge in [0.15, 0.2) is 5.82 Å². The quantitative estimate of drug-likeness (QED) is 0.598. The summed E-state index contributed by atoms with van der Waals surface area (Å²) in [5.74, 6) is 1.78. The third-order valence-corrected chi connectivity index (χ3v) is 4.24. The molecule has 0 saturated heterocycles. The standard InChI is InChI=1S/C19H17N3O2/c1-11-10-14(23)8-9-16(11)22-17-7-5-4-6-15(17)20-19(22)18-12(2)21-24-13(18)3/h4-10,23H,1-3H3. The number of hydrogen-bond acceptors (Lipinski definition) is 4. The summed E-state index contributed by atoms with van der Waals surface area (Å²) >= 11 is 0. The lowest BCUT2D eigenvalue weighted by atomic mass is 10.1. The molecular weight excluding hydrogens is 302 g/mol. The molecule has 2 aromatic carbocycles. The number of aromatic hydroxyl groups is 1. The van der Waals surface area contributed by atoms with Gasteiger partial charge in [0, 0.05) is 0 Å². The number of phenols is 1. The Bertz CT molecular complexity index is 1040. The number of benzene rings is 2. The summed E-state index contributed by atoms with van der Waals surface area (Å²) in [5.41, 5.74) is 5.54. The molecule has 24 heavy (non-hydrogen) atoms. The van der Waals surface area contributed by atoms with Gasteiger partial charge in [-0.3, -0.25) is 4.57 Å². The van der Waals surface area contributed by atoms with E-state index in [0.29, 0.717) is 0 Å². The largest absolute Gasteiger partial charge is 0.508 e. The van der Waals surface area contributed by atoms with Crippen LogP contribution in [0.4, 0.5) is 0 Å². The summed E-state index contributed by atoms with van der Waals surface area (Å²) in [5, 5.41) is 13.8. The molecule has 4 aromatic rings. The van der Waals surface area contributed by atoms with E-state index >= 15 is 0 Å². The second-order valence-corrected chi connectivity index (χ2v) is 5.93. The number of para-hydroxylation sites is 2. The lowest BCUT2D eigenvalue weighted by Gasteiger charge is -2.12. The van der Waals surface area contributed by atoms with Gasteiger partial charge in [0.05, 0.1) is 28.0 Å². The molecule has 0 saturated carbocycles. The fourth-order valence-corrected chi connectivity index (χ4v) is 3.13. The van der Waals surface area contributed by atoms with Gasteiger partial charge in [-0.1, -0.05) is 17.3 Å². The number of nitrogens with zero attached hydrogens (tertiary/aromatic N) is 3. The predicted molar refractivity (Wildman–Crippen MR) is 92.4 cm³/mol. The molecule has 5 nitrogen and oxygen atoms in total. The van der Waals surface area contributed by atoms with Crippen molar-refractivity contribution in [3.05, 3.63) is 59.5 Å². The molecule has 4 rings (SSSR count). The Morgan fingerprint density at radius 1 is 1.04 bits per heavy atom. The SMILES string of the molecule is Cc1cc(O)ccc1-n1c(-c2c(C)noc2C)nc2ccccc21. The highest BCUT2D eigenvalue weighted by Crippen LogP contribution is 2.33. The van der Waals surface area contributed by atoms with E-state index in [4.69, 9.17) is 9.51 Å². The lowest BCUT2D eigenvalue weighted by molar-refractivity contribution is 0.393. The van der Waals surface area contributed by atoms with E-state index in [0.717, 1.165) is 45.1 Å². The summed E-state index contributed by atoms with van der Waals surface area (Å²) < 4.78 is 7.44. The molecule has 0 bridgehead atoms. The number of aromatic nitrogens is 3. The second-order valence-electron chi connectivity index (χ2n) is 5.93. The molecule has 2 aromatic heterocycles. The van der Waals surface area contributed by atoms with Crippen LogP contribution in [0.1, 0.15) is 17.0 Å². The van der Waals surface area contributed by atoms with Crippen molar-refractivity contribution in [1.29, 1.82) is 0 Å². The van der Waals surface area contributed by atoms with Crippen LogP contribution in [0, 0.1) is 20.8 Å². The molecule has 0 aliphatic rings. The maximum atomic E-state index is 9.74. The highest BCUT2D eigenvalue weighted by atomic mass is 16.5. The van der Waals surface area contributed by atoms with Gasteiger partial charge >= 0.3 is 0 Å². The minimum absolute atomic E-state index is 0.250. The van der Waals surface area contributed by atoms with Crippen molar-refractivity contribution in [3.8, 4) is 22.8 Å². The van der Waals surface area contributed by atoms with Crippen molar-refractivity contribution < 1.29 is 9.63 Å². The maximum absolute atomic E-state index is 9.74. The van der Waals surface area contributed by atoms with E-state index in [9.17, 15) is 5.11 Å². The lowest BCUT2D eigenvalue weighted by Crippen LogP contribution is -2.01. The highest BCUT2D eigenvalue weighted by molar-refractivity contribution is 5.84. The Kier molecular flexibility index (Phi) is 3.16. The monoisotopic (exact) mass is 319 g/mol. The predicted octanol–water partition coefficient (Wildman–Crippen LogP) is 4.31. The van der Waals surface area contributed by atoms with E-state index in [1.165, 1.54) is 0 Å². The van der Waals surface area contributed by atoms with Crippen LogP contribution < -0.4 is 0 Å². The molecule has 0 fully saturated rings. The third-order valence-electron chi connectivity index (χ3n) is 4.24. The minimum atomic E-state index is 0.250. The molecule has 1 N–H and O–H groups in total. The first-order chi connectivity index (χ1) is 11.6. The third kappa shape index (κ3) is 2.09. The van der Waals surface area contributed by atoms with Gasteiger partial charge in [0.2, 0.25) is 0 Å². The van der Waals surface area contributed by atoms with Gasteiger partial charge < -0.3 is 9.63 Å². The molecule has 0 spiro atoms. The zero-order valence-corrected chi connectivity index (χ0v) is 13.7. The fraction of sp³-hybridized carbons (Fsp3) is 0.158.